The lowest BCUT2D eigenvalue weighted by molar-refractivity contribution is 0.0526. The van der Waals surface area contributed by atoms with E-state index >= 15 is 0 Å². The Morgan fingerprint density at radius 1 is 1.57 bits per heavy atom. The summed E-state index contributed by atoms with van der Waals surface area (Å²) in [6.45, 7) is 2.11. The summed E-state index contributed by atoms with van der Waals surface area (Å²) in [6.07, 6.45) is 1.47. The number of esters is 1. The van der Waals surface area contributed by atoms with E-state index in [0.29, 0.717) is 18.0 Å². The van der Waals surface area contributed by atoms with Gasteiger partial charge < -0.3 is 10.5 Å². The van der Waals surface area contributed by atoms with E-state index in [0.717, 1.165) is 0 Å². The summed E-state index contributed by atoms with van der Waals surface area (Å²) in [7, 11) is 0. The molecule has 0 bridgehead atoms. The lowest BCUT2D eigenvalue weighted by Gasteiger charge is -2.00. The number of aromatic nitrogens is 1. The third kappa shape index (κ3) is 4.30. The van der Waals surface area contributed by atoms with Gasteiger partial charge in [0.05, 0.1) is 12.2 Å². The van der Waals surface area contributed by atoms with Gasteiger partial charge in [0, 0.05) is 6.20 Å². The molecule has 1 heterocycles. The zero-order valence-electron chi connectivity index (χ0n) is 7.60. The van der Waals surface area contributed by atoms with Crippen LogP contribution in [0.2, 0.25) is 0 Å². The van der Waals surface area contributed by atoms with Crippen molar-refractivity contribution in [1.82, 2.24) is 4.98 Å². The number of hydrogen-bond acceptors (Lipinski definition) is 4. The molecule has 0 fully saturated rings. The summed E-state index contributed by atoms with van der Waals surface area (Å²) < 4.78 is 4.76. The summed E-state index contributed by atoms with van der Waals surface area (Å²) in [5.74, 6) is -0.0489. The first-order valence-corrected chi connectivity index (χ1v) is 3.62. The first kappa shape index (κ1) is 15.5. The van der Waals surface area contributed by atoms with Gasteiger partial charge in [-0.15, -0.1) is 24.8 Å². The van der Waals surface area contributed by atoms with Crippen molar-refractivity contribution in [3.63, 3.8) is 0 Å². The van der Waals surface area contributed by atoms with Gasteiger partial charge in [-0.25, -0.2) is 9.78 Å². The second kappa shape index (κ2) is 7.41. The standard InChI is InChI=1S/C8H10N2O2.2ClH/c1-2-12-8(11)6-3-4-10-7(9)5-6;;/h3-5H,2H2,1H3,(H2,9,10);2*1H. The molecule has 2 N–H and O–H groups in total. The van der Waals surface area contributed by atoms with Crippen molar-refractivity contribution >= 4 is 36.6 Å². The van der Waals surface area contributed by atoms with Gasteiger partial charge in [0.2, 0.25) is 0 Å². The molecule has 14 heavy (non-hydrogen) atoms. The Kier molecular flexibility index (Phi) is 8.19. The third-order valence-corrected chi connectivity index (χ3v) is 1.29. The van der Waals surface area contributed by atoms with Crippen LogP contribution in [0.3, 0.4) is 0 Å². The van der Waals surface area contributed by atoms with Crippen LogP contribution in [0.1, 0.15) is 17.3 Å². The topological polar surface area (TPSA) is 65.2 Å². The van der Waals surface area contributed by atoms with Crippen molar-refractivity contribution in [2.75, 3.05) is 12.3 Å². The Morgan fingerprint density at radius 2 is 2.21 bits per heavy atom. The van der Waals surface area contributed by atoms with Crippen LogP contribution in [-0.2, 0) is 4.74 Å². The summed E-state index contributed by atoms with van der Waals surface area (Å²) in [4.78, 5) is 14.8. The van der Waals surface area contributed by atoms with Gasteiger partial charge in [0.1, 0.15) is 5.82 Å². The van der Waals surface area contributed by atoms with Gasteiger partial charge in [-0.2, -0.15) is 0 Å². The first-order valence-electron chi connectivity index (χ1n) is 3.62. The minimum Gasteiger partial charge on any atom is -0.462 e. The molecule has 0 aromatic carbocycles. The van der Waals surface area contributed by atoms with Crippen LogP contribution in [0, 0.1) is 0 Å². The molecule has 0 saturated heterocycles. The monoisotopic (exact) mass is 238 g/mol. The lowest BCUT2D eigenvalue weighted by Crippen LogP contribution is -2.05. The number of nitrogen functional groups attached to an aromatic ring is 1. The number of pyridine rings is 1. The highest BCUT2D eigenvalue weighted by molar-refractivity contribution is 5.89. The molecule has 0 radical (unpaired) electrons. The highest BCUT2D eigenvalue weighted by atomic mass is 35.5. The number of nitrogens with two attached hydrogens (primary N) is 1. The summed E-state index contributed by atoms with van der Waals surface area (Å²) in [6, 6.07) is 3.05. The molecule has 0 aliphatic heterocycles. The van der Waals surface area contributed by atoms with Gasteiger partial charge in [0.25, 0.3) is 0 Å². The molecule has 1 aromatic heterocycles. The first-order chi connectivity index (χ1) is 5.74. The minimum absolute atomic E-state index is 0. The van der Waals surface area contributed by atoms with E-state index in [9.17, 15) is 4.79 Å². The smallest absolute Gasteiger partial charge is 0.338 e. The average Bonchev–Trinajstić information content (AvgIpc) is 2.05. The molecule has 0 aliphatic carbocycles. The number of nitrogens with zero attached hydrogens (tertiary/aromatic N) is 1. The summed E-state index contributed by atoms with van der Waals surface area (Å²) in [5, 5.41) is 0. The molecule has 0 spiro atoms. The lowest BCUT2D eigenvalue weighted by atomic mass is 10.3. The highest BCUT2D eigenvalue weighted by Gasteiger charge is 2.05. The van der Waals surface area contributed by atoms with E-state index in [-0.39, 0.29) is 30.8 Å². The van der Waals surface area contributed by atoms with Crippen molar-refractivity contribution in [1.29, 1.82) is 0 Å². The molecule has 0 unspecified atom stereocenters. The number of hydrogen-bond donors (Lipinski definition) is 1. The van der Waals surface area contributed by atoms with E-state index in [2.05, 4.69) is 4.98 Å². The second-order valence-electron chi connectivity index (χ2n) is 2.19. The molecule has 0 amide bonds. The summed E-state index contributed by atoms with van der Waals surface area (Å²) in [5.41, 5.74) is 5.81. The number of rotatable bonds is 2. The maximum absolute atomic E-state index is 11.1. The number of carbonyl (C=O) groups excluding carboxylic acids is 1. The fraction of sp³-hybridized carbons (Fsp3) is 0.250. The maximum atomic E-state index is 11.1. The largest absolute Gasteiger partial charge is 0.462 e. The predicted octanol–water partition coefficient (Wildman–Crippen LogP) is 1.68. The van der Waals surface area contributed by atoms with E-state index in [1.807, 2.05) is 0 Å². The molecule has 1 rings (SSSR count). The van der Waals surface area contributed by atoms with E-state index in [1.165, 1.54) is 12.3 Å². The third-order valence-electron chi connectivity index (χ3n) is 1.29. The Labute approximate surface area is 94.7 Å². The average molecular weight is 239 g/mol. The van der Waals surface area contributed by atoms with Crippen LogP contribution in [0.4, 0.5) is 5.82 Å². The zero-order chi connectivity index (χ0) is 8.97. The number of ether oxygens (including phenoxy) is 1. The van der Waals surface area contributed by atoms with Crippen LogP contribution < -0.4 is 5.73 Å². The quantitative estimate of drug-likeness (QED) is 0.797. The highest BCUT2D eigenvalue weighted by Crippen LogP contribution is 2.04. The minimum atomic E-state index is -0.369. The van der Waals surface area contributed by atoms with Crippen molar-refractivity contribution in [2.45, 2.75) is 6.92 Å². The predicted molar refractivity (Wildman–Crippen MR) is 59.1 cm³/mol. The van der Waals surface area contributed by atoms with Crippen molar-refractivity contribution in [2.24, 2.45) is 0 Å². The van der Waals surface area contributed by atoms with Crippen LogP contribution in [0.15, 0.2) is 18.3 Å². The van der Waals surface area contributed by atoms with Gasteiger partial charge in [-0.05, 0) is 19.1 Å². The van der Waals surface area contributed by atoms with E-state index < -0.39 is 0 Å². The molecule has 0 atom stereocenters. The van der Waals surface area contributed by atoms with Gasteiger partial charge in [-0.1, -0.05) is 0 Å². The Bertz CT molecular complexity index is 294. The zero-order valence-corrected chi connectivity index (χ0v) is 9.23. The number of carbonyl (C=O) groups is 1. The van der Waals surface area contributed by atoms with Crippen molar-refractivity contribution in [3.05, 3.63) is 23.9 Å². The van der Waals surface area contributed by atoms with Gasteiger partial charge in [-0.3, -0.25) is 0 Å². The fourth-order valence-corrected chi connectivity index (χ4v) is 0.790. The fourth-order valence-electron chi connectivity index (χ4n) is 0.790. The molecule has 0 saturated carbocycles. The molecule has 4 nitrogen and oxygen atoms in total. The normalized spacial score (nSPS) is 8.07. The van der Waals surface area contributed by atoms with Crippen molar-refractivity contribution < 1.29 is 9.53 Å². The van der Waals surface area contributed by atoms with Crippen LogP contribution >= 0.6 is 24.8 Å². The maximum Gasteiger partial charge on any atom is 0.338 e. The van der Waals surface area contributed by atoms with E-state index in [4.69, 9.17) is 10.5 Å². The van der Waals surface area contributed by atoms with Gasteiger partial charge in [0.15, 0.2) is 0 Å². The summed E-state index contributed by atoms with van der Waals surface area (Å²) >= 11 is 0. The molecular formula is C8H12Cl2N2O2. The molecular weight excluding hydrogens is 227 g/mol. The molecule has 1 aromatic rings. The number of halogens is 2. The van der Waals surface area contributed by atoms with Gasteiger partial charge >= 0.3 is 5.97 Å². The van der Waals surface area contributed by atoms with E-state index in [1.54, 1.807) is 13.0 Å². The Morgan fingerprint density at radius 3 is 2.71 bits per heavy atom. The molecule has 80 valence electrons. The van der Waals surface area contributed by atoms with Crippen molar-refractivity contribution in [3.8, 4) is 0 Å². The van der Waals surface area contributed by atoms with Crippen LogP contribution in [0.25, 0.3) is 0 Å². The Hall–Kier alpha value is -1.00. The Balaban J connectivity index is 0. The van der Waals surface area contributed by atoms with Crippen LogP contribution in [-0.4, -0.2) is 17.6 Å². The molecule has 6 heteroatoms. The molecule has 0 aliphatic rings. The van der Waals surface area contributed by atoms with Crippen LogP contribution in [0.5, 0.6) is 0 Å². The number of anilines is 1. The SMILES string of the molecule is CCOC(=O)c1ccnc(N)c1.Cl.Cl. The second-order valence-corrected chi connectivity index (χ2v) is 2.19.